The number of hydrogen-bond acceptors (Lipinski definition) is 5. The van der Waals surface area contributed by atoms with Gasteiger partial charge in [-0.15, -0.1) is 0 Å². The summed E-state index contributed by atoms with van der Waals surface area (Å²) < 4.78 is 6.94. The minimum absolute atomic E-state index is 0.0985. The van der Waals surface area contributed by atoms with Gasteiger partial charge in [-0.1, -0.05) is 13.8 Å². The van der Waals surface area contributed by atoms with E-state index < -0.39 is 12.1 Å². The van der Waals surface area contributed by atoms with E-state index in [4.69, 9.17) is 4.74 Å². The minimum atomic E-state index is -0.937. The van der Waals surface area contributed by atoms with Crippen molar-refractivity contribution in [1.29, 1.82) is 0 Å². The Morgan fingerprint density at radius 2 is 1.67 bits per heavy atom. The van der Waals surface area contributed by atoms with E-state index >= 15 is 0 Å². The molecule has 0 unspecified atom stereocenters. The standard InChI is InChI=1S/C20H25N3O4/c1-11(2)19(25)21-16-9-7-15(8-10-16)18(24)14(5)27-20(26)17-12(3)22-23(6)13(17)4/h7-11,14H,1-6H3,(H,21,25)/t14-/m1/s1. The number of ether oxygens (including phenoxy) is 1. The van der Waals surface area contributed by atoms with Crippen LogP contribution in [-0.4, -0.2) is 33.5 Å². The van der Waals surface area contributed by atoms with Gasteiger partial charge in [-0.25, -0.2) is 4.79 Å². The summed E-state index contributed by atoms with van der Waals surface area (Å²) in [6, 6.07) is 6.50. The van der Waals surface area contributed by atoms with Gasteiger partial charge in [0.1, 0.15) is 5.56 Å². The fourth-order valence-corrected chi connectivity index (χ4v) is 2.58. The summed E-state index contributed by atoms with van der Waals surface area (Å²) in [4.78, 5) is 36.7. The molecule has 7 heteroatoms. The molecule has 2 rings (SSSR count). The van der Waals surface area contributed by atoms with Gasteiger partial charge in [0.25, 0.3) is 0 Å². The molecule has 2 aromatic rings. The average Bonchev–Trinajstić information content (AvgIpc) is 2.86. The van der Waals surface area contributed by atoms with Crippen molar-refractivity contribution in [2.45, 2.75) is 40.7 Å². The highest BCUT2D eigenvalue weighted by Crippen LogP contribution is 2.17. The maximum absolute atomic E-state index is 12.5. The number of nitrogens with one attached hydrogen (secondary N) is 1. The highest BCUT2D eigenvalue weighted by Gasteiger charge is 2.24. The number of benzene rings is 1. The van der Waals surface area contributed by atoms with Crippen molar-refractivity contribution in [3.63, 3.8) is 0 Å². The smallest absolute Gasteiger partial charge is 0.342 e. The van der Waals surface area contributed by atoms with Crippen LogP contribution in [-0.2, 0) is 16.6 Å². The molecule has 0 aliphatic rings. The number of aryl methyl sites for hydroxylation is 2. The summed E-state index contributed by atoms with van der Waals surface area (Å²) in [6.07, 6.45) is -0.937. The van der Waals surface area contributed by atoms with Gasteiger partial charge >= 0.3 is 5.97 Å². The highest BCUT2D eigenvalue weighted by atomic mass is 16.5. The maximum Gasteiger partial charge on any atom is 0.342 e. The lowest BCUT2D eigenvalue weighted by atomic mass is 10.1. The van der Waals surface area contributed by atoms with Crippen molar-refractivity contribution in [3.05, 3.63) is 46.8 Å². The summed E-state index contributed by atoms with van der Waals surface area (Å²) in [5, 5.41) is 6.94. The number of ketones is 1. The number of esters is 1. The van der Waals surface area contributed by atoms with Crippen LogP contribution in [0.3, 0.4) is 0 Å². The predicted octanol–water partition coefficient (Wildman–Crippen LogP) is 3.06. The first kappa shape index (κ1) is 20.4. The van der Waals surface area contributed by atoms with Crippen LogP contribution in [0.25, 0.3) is 0 Å². The minimum Gasteiger partial charge on any atom is -0.451 e. The van der Waals surface area contributed by atoms with Crippen LogP contribution in [0.2, 0.25) is 0 Å². The van der Waals surface area contributed by atoms with E-state index in [9.17, 15) is 14.4 Å². The van der Waals surface area contributed by atoms with E-state index in [1.807, 2.05) is 0 Å². The number of nitrogens with zero attached hydrogens (tertiary/aromatic N) is 2. The Morgan fingerprint density at radius 1 is 1.07 bits per heavy atom. The van der Waals surface area contributed by atoms with Crippen molar-refractivity contribution >= 4 is 23.3 Å². The first-order chi connectivity index (χ1) is 12.6. The summed E-state index contributed by atoms with van der Waals surface area (Å²) in [5.41, 5.74) is 2.63. The Morgan fingerprint density at radius 3 is 2.15 bits per heavy atom. The summed E-state index contributed by atoms with van der Waals surface area (Å²) in [5.74, 6) is -1.12. The molecule has 0 saturated carbocycles. The zero-order valence-electron chi connectivity index (χ0n) is 16.5. The van der Waals surface area contributed by atoms with E-state index in [1.165, 1.54) is 6.92 Å². The van der Waals surface area contributed by atoms with Crippen LogP contribution in [0.5, 0.6) is 0 Å². The molecule has 0 saturated heterocycles. The van der Waals surface area contributed by atoms with Gasteiger partial charge in [-0.05, 0) is 45.0 Å². The molecular formula is C20H25N3O4. The van der Waals surface area contributed by atoms with Gasteiger partial charge in [0.05, 0.1) is 5.69 Å². The summed E-state index contributed by atoms with van der Waals surface area (Å²) in [6.45, 7) is 8.63. The van der Waals surface area contributed by atoms with Crippen molar-refractivity contribution in [2.75, 3.05) is 5.32 Å². The van der Waals surface area contributed by atoms with Gasteiger partial charge in [-0.2, -0.15) is 5.10 Å². The Hall–Kier alpha value is -2.96. The SMILES string of the molecule is Cc1nn(C)c(C)c1C(=O)O[C@H](C)C(=O)c1ccc(NC(=O)C(C)C)cc1. The third-order valence-corrected chi connectivity index (χ3v) is 4.33. The maximum atomic E-state index is 12.5. The first-order valence-electron chi connectivity index (χ1n) is 8.78. The molecule has 1 N–H and O–H groups in total. The van der Waals surface area contributed by atoms with Crippen LogP contribution < -0.4 is 5.32 Å². The molecule has 0 radical (unpaired) electrons. The predicted molar refractivity (Wildman–Crippen MR) is 102 cm³/mol. The number of rotatable bonds is 6. The van der Waals surface area contributed by atoms with Crippen LogP contribution in [0.1, 0.15) is 52.9 Å². The second-order valence-corrected chi connectivity index (χ2v) is 6.80. The molecule has 1 aromatic carbocycles. The van der Waals surface area contributed by atoms with Crippen LogP contribution in [0.15, 0.2) is 24.3 Å². The van der Waals surface area contributed by atoms with E-state index in [-0.39, 0.29) is 17.6 Å². The first-order valence-corrected chi connectivity index (χ1v) is 8.78. The molecule has 7 nitrogen and oxygen atoms in total. The van der Waals surface area contributed by atoms with E-state index in [1.54, 1.807) is 63.7 Å². The van der Waals surface area contributed by atoms with Gasteiger partial charge in [0.15, 0.2) is 6.10 Å². The van der Waals surface area contributed by atoms with Gasteiger partial charge in [0.2, 0.25) is 11.7 Å². The number of carbonyl (C=O) groups is 3. The number of amides is 1. The van der Waals surface area contributed by atoms with Crippen molar-refractivity contribution < 1.29 is 19.1 Å². The topological polar surface area (TPSA) is 90.3 Å². The van der Waals surface area contributed by atoms with Crippen molar-refractivity contribution in [2.24, 2.45) is 13.0 Å². The third kappa shape index (κ3) is 4.61. The lowest BCUT2D eigenvalue weighted by molar-refractivity contribution is -0.118. The Balaban J connectivity index is 2.06. The van der Waals surface area contributed by atoms with Crippen LogP contribution in [0, 0.1) is 19.8 Å². The second-order valence-electron chi connectivity index (χ2n) is 6.80. The highest BCUT2D eigenvalue weighted by molar-refractivity contribution is 6.02. The van der Waals surface area contributed by atoms with E-state index in [0.717, 1.165) is 0 Å². The fraction of sp³-hybridized carbons (Fsp3) is 0.400. The summed E-state index contributed by atoms with van der Waals surface area (Å²) >= 11 is 0. The zero-order valence-corrected chi connectivity index (χ0v) is 16.5. The van der Waals surface area contributed by atoms with Crippen LogP contribution in [0.4, 0.5) is 5.69 Å². The van der Waals surface area contributed by atoms with E-state index in [2.05, 4.69) is 10.4 Å². The fourth-order valence-electron chi connectivity index (χ4n) is 2.58. The second kappa shape index (κ2) is 8.16. The Bertz CT molecular complexity index is 866. The molecular weight excluding hydrogens is 346 g/mol. The molecule has 1 atom stereocenters. The Labute approximate surface area is 158 Å². The largest absolute Gasteiger partial charge is 0.451 e. The van der Waals surface area contributed by atoms with Gasteiger partial charge in [-0.3, -0.25) is 14.3 Å². The zero-order chi connectivity index (χ0) is 20.3. The third-order valence-electron chi connectivity index (χ3n) is 4.33. The molecule has 0 spiro atoms. The number of Topliss-reactive ketones (excluding diaryl/α,β-unsaturated/α-hetero) is 1. The average molecular weight is 371 g/mol. The monoisotopic (exact) mass is 371 g/mol. The number of aromatic nitrogens is 2. The normalized spacial score (nSPS) is 12.0. The molecule has 1 heterocycles. The Kier molecular flexibility index (Phi) is 6.15. The van der Waals surface area contributed by atoms with Gasteiger partial charge in [0, 0.05) is 29.9 Å². The lowest BCUT2D eigenvalue weighted by Gasteiger charge is -2.13. The van der Waals surface area contributed by atoms with E-state index in [0.29, 0.717) is 28.2 Å². The summed E-state index contributed by atoms with van der Waals surface area (Å²) in [7, 11) is 1.74. The molecule has 0 fully saturated rings. The molecule has 1 aromatic heterocycles. The number of carbonyl (C=O) groups excluding carboxylic acids is 3. The number of anilines is 1. The number of hydrogen-bond donors (Lipinski definition) is 1. The van der Waals surface area contributed by atoms with Crippen molar-refractivity contribution in [1.82, 2.24) is 9.78 Å². The lowest BCUT2D eigenvalue weighted by Crippen LogP contribution is -2.25. The molecule has 1 amide bonds. The van der Waals surface area contributed by atoms with Crippen molar-refractivity contribution in [3.8, 4) is 0 Å². The van der Waals surface area contributed by atoms with Crippen LogP contribution >= 0.6 is 0 Å². The molecule has 0 bridgehead atoms. The molecule has 144 valence electrons. The van der Waals surface area contributed by atoms with Gasteiger partial charge < -0.3 is 10.1 Å². The quantitative estimate of drug-likeness (QED) is 0.622. The molecule has 0 aliphatic heterocycles. The molecule has 0 aliphatic carbocycles. The molecule has 27 heavy (non-hydrogen) atoms.